The molecule has 10 heteroatoms. The lowest BCUT2D eigenvalue weighted by molar-refractivity contribution is 0.581. The van der Waals surface area contributed by atoms with E-state index >= 15 is 0 Å². The van der Waals surface area contributed by atoms with Gasteiger partial charge in [0.25, 0.3) is 0 Å². The Kier molecular flexibility index (Phi) is 5.48. The zero-order valence-electron chi connectivity index (χ0n) is 16.5. The third-order valence-corrected chi connectivity index (χ3v) is 7.11. The van der Waals surface area contributed by atoms with E-state index in [1.807, 2.05) is 42.5 Å². The summed E-state index contributed by atoms with van der Waals surface area (Å²) in [5, 5.41) is 5.62. The van der Waals surface area contributed by atoms with Crippen LogP contribution in [0.1, 0.15) is 5.56 Å². The molecular formula is C22H16ClN5O2S2. The molecule has 0 amide bonds. The van der Waals surface area contributed by atoms with Crippen LogP contribution in [0, 0.1) is 0 Å². The summed E-state index contributed by atoms with van der Waals surface area (Å²) in [6.45, 7) is 0.150. The number of halogens is 1. The monoisotopic (exact) mass is 481 g/mol. The minimum Gasteiger partial charge on any atom is -0.340 e. The van der Waals surface area contributed by atoms with Crippen molar-refractivity contribution >= 4 is 66.7 Å². The van der Waals surface area contributed by atoms with Gasteiger partial charge in [0, 0.05) is 28.8 Å². The van der Waals surface area contributed by atoms with Gasteiger partial charge in [0.2, 0.25) is 10.0 Å². The van der Waals surface area contributed by atoms with Crippen LogP contribution in [0.25, 0.3) is 21.8 Å². The predicted molar refractivity (Wildman–Crippen MR) is 128 cm³/mol. The van der Waals surface area contributed by atoms with Gasteiger partial charge in [0.05, 0.1) is 16.6 Å². The quantitative estimate of drug-likeness (QED) is 0.349. The second-order valence-corrected chi connectivity index (χ2v) is 9.82. The second kappa shape index (κ2) is 8.44. The van der Waals surface area contributed by atoms with Crippen molar-refractivity contribution in [1.29, 1.82) is 0 Å². The van der Waals surface area contributed by atoms with Crippen molar-refractivity contribution in [2.75, 3.05) is 5.32 Å². The third-order valence-electron chi connectivity index (χ3n) is 4.92. The molecule has 7 nitrogen and oxygen atoms in total. The van der Waals surface area contributed by atoms with Crippen LogP contribution < -0.4 is 10.0 Å². The van der Waals surface area contributed by atoms with Crippen molar-refractivity contribution in [3.8, 4) is 0 Å². The molecule has 0 unspecified atom stereocenters. The molecule has 0 fully saturated rings. The molecule has 0 spiro atoms. The fourth-order valence-electron chi connectivity index (χ4n) is 3.32. The first-order valence-corrected chi connectivity index (χ1v) is 12.2. The number of anilines is 2. The summed E-state index contributed by atoms with van der Waals surface area (Å²) in [6, 6.07) is 19.5. The van der Waals surface area contributed by atoms with Gasteiger partial charge in [0.1, 0.15) is 16.9 Å². The van der Waals surface area contributed by atoms with Crippen molar-refractivity contribution < 1.29 is 8.42 Å². The first-order valence-electron chi connectivity index (χ1n) is 9.60. The van der Waals surface area contributed by atoms with Gasteiger partial charge in [0.15, 0.2) is 0 Å². The summed E-state index contributed by atoms with van der Waals surface area (Å²) >= 11 is 7.27. The fourth-order valence-corrected chi connectivity index (χ4v) is 5.07. The molecule has 32 heavy (non-hydrogen) atoms. The SMILES string of the molecule is O=S(=O)(NCc1ccc2nsnc2c1)c1cccc(Nc2nccc3ccc(Cl)cc23)c1. The van der Waals surface area contributed by atoms with Crippen LogP contribution in [0.3, 0.4) is 0 Å². The molecule has 2 aromatic heterocycles. The Morgan fingerprint density at radius 1 is 0.938 bits per heavy atom. The number of sulfonamides is 1. The minimum atomic E-state index is -3.73. The molecule has 0 atom stereocenters. The summed E-state index contributed by atoms with van der Waals surface area (Å²) in [5.74, 6) is 0.595. The van der Waals surface area contributed by atoms with Gasteiger partial charge < -0.3 is 5.32 Å². The van der Waals surface area contributed by atoms with Crippen LogP contribution in [-0.4, -0.2) is 22.1 Å². The molecule has 0 aliphatic rings. The van der Waals surface area contributed by atoms with Crippen LogP contribution in [0.2, 0.25) is 5.02 Å². The topological polar surface area (TPSA) is 96.9 Å². The lowest BCUT2D eigenvalue weighted by Crippen LogP contribution is -2.23. The maximum Gasteiger partial charge on any atom is 0.240 e. The smallest absolute Gasteiger partial charge is 0.240 e. The Hall–Kier alpha value is -3.11. The standard InChI is InChI=1S/C22H16ClN5O2S2/c23-16-6-5-15-8-9-24-22(19(15)11-16)26-17-2-1-3-18(12-17)32(29,30)25-13-14-4-7-20-21(10-14)28-31-27-20/h1-12,25H,13H2,(H,24,26). The zero-order chi connectivity index (χ0) is 22.1. The summed E-state index contributed by atoms with van der Waals surface area (Å²) in [5.41, 5.74) is 2.95. The molecule has 5 aromatic rings. The van der Waals surface area contributed by atoms with Crippen LogP contribution in [0.4, 0.5) is 11.5 Å². The Morgan fingerprint density at radius 3 is 2.72 bits per heavy atom. The fraction of sp³-hybridized carbons (Fsp3) is 0.0455. The maximum absolute atomic E-state index is 12.9. The van der Waals surface area contributed by atoms with Gasteiger partial charge in [-0.1, -0.05) is 29.8 Å². The van der Waals surface area contributed by atoms with E-state index in [0.717, 1.165) is 39.1 Å². The third kappa shape index (κ3) is 4.28. The van der Waals surface area contributed by atoms with Gasteiger partial charge in [-0.25, -0.2) is 18.1 Å². The van der Waals surface area contributed by atoms with Gasteiger partial charge in [-0.15, -0.1) is 0 Å². The van der Waals surface area contributed by atoms with Gasteiger partial charge >= 0.3 is 0 Å². The van der Waals surface area contributed by atoms with Crippen LogP contribution in [0.5, 0.6) is 0 Å². The van der Waals surface area contributed by atoms with Crippen molar-refractivity contribution in [3.05, 3.63) is 83.5 Å². The highest BCUT2D eigenvalue weighted by Gasteiger charge is 2.15. The molecule has 0 aliphatic carbocycles. The molecule has 0 saturated heterocycles. The summed E-state index contributed by atoms with van der Waals surface area (Å²) in [4.78, 5) is 4.54. The predicted octanol–water partition coefficient (Wildman–Crippen LogP) is 5.12. The number of fused-ring (bicyclic) bond motifs is 2. The van der Waals surface area contributed by atoms with Crippen molar-refractivity contribution in [1.82, 2.24) is 18.5 Å². The van der Waals surface area contributed by atoms with Crippen molar-refractivity contribution in [2.45, 2.75) is 11.4 Å². The minimum absolute atomic E-state index is 0.150. The molecular weight excluding hydrogens is 466 g/mol. The normalized spacial score (nSPS) is 11.8. The highest BCUT2D eigenvalue weighted by molar-refractivity contribution is 7.89. The summed E-state index contributed by atoms with van der Waals surface area (Å²) in [7, 11) is -3.73. The molecule has 2 heterocycles. The van der Waals surface area contributed by atoms with Gasteiger partial charge in [-0.05, 0) is 59.5 Å². The Labute approximate surface area is 193 Å². The molecule has 0 saturated carbocycles. The Balaban J connectivity index is 1.37. The maximum atomic E-state index is 12.9. The molecule has 160 valence electrons. The molecule has 5 rings (SSSR count). The number of hydrogen-bond donors (Lipinski definition) is 2. The summed E-state index contributed by atoms with van der Waals surface area (Å²) in [6.07, 6.45) is 1.69. The first kappa shape index (κ1) is 20.8. The summed E-state index contributed by atoms with van der Waals surface area (Å²) < 4.78 is 36.8. The van der Waals surface area contributed by atoms with E-state index in [9.17, 15) is 8.42 Å². The second-order valence-electron chi connectivity index (χ2n) is 7.09. The average Bonchev–Trinajstić information content (AvgIpc) is 3.26. The van der Waals surface area contributed by atoms with E-state index < -0.39 is 10.0 Å². The largest absolute Gasteiger partial charge is 0.340 e. The van der Waals surface area contributed by atoms with E-state index in [1.165, 1.54) is 0 Å². The van der Waals surface area contributed by atoms with E-state index in [4.69, 9.17) is 11.6 Å². The van der Waals surface area contributed by atoms with Gasteiger partial charge in [-0.3, -0.25) is 0 Å². The number of nitrogens with one attached hydrogen (secondary N) is 2. The molecule has 0 aliphatic heterocycles. The number of aromatic nitrogens is 3. The Morgan fingerprint density at radius 2 is 1.81 bits per heavy atom. The van der Waals surface area contributed by atoms with E-state index in [1.54, 1.807) is 30.5 Å². The first-order chi connectivity index (χ1) is 15.5. The number of pyridine rings is 1. The highest BCUT2D eigenvalue weighted by Crippen LogP contribution is 2.28. The van der Waals surface area contributed by atoms with Crippen LogP contribution >= 0.6 is 23.3 Å². The number of benzene rings is 3. The van der Waals surface area contributed by atoms with E-state index in [-0.39, 0.29) is 11.4 Å². The lowest BCUT2D eigenvalue weighted by Gasteiger charge is -2.11. The van der Waals surface area contributed by atoms with Crippen molar-refractivity contribution in [3.63, 3.8) is 0 Å². The molecule has 2 N–H and O–H groups in total. The van der Waals surface area contributed by atoms with Crippen LogP contribution in [0.15, 0.2) is 77.8 Å². The molecule has 0 bridgehead atoms. The molecule has 0 radical (unpaired) electrons. The average molecular weight is 482 g/mol. The van der Waals surface area contributed by atoms with E-state index in [0.29, 0.717) is 16.5 Å². The number of nitrogens with zero attached hydrogens (tertiary/aromatic N) is 3. The lowest BCUT2D eigenvalue weighted by atomic mass is 10.1. The molecule has 3 aromatic carbocycles. The number of rotatable bonds is 6. The highest BCUT2D eigenvalue weighted by atomic mass is 35.5. The zero-order valence-corrected chi connectivity index (χ0v) is 18.9. The Bertz CT molecular complexity index is 1550. The number of hydrogen-bond acceptors (Lipinski definition) is 7. The van der Waals surface area contributed by atoms with Crippen molar-refractivity contribution in [2.24, 2.45) is 0 Å². The van der Waals surface area contributed by atoms with Crippen LogP contribution in [-0.2, 0) is 16.6 Å². The van der Waals surface area contributed by atoms with E-state index in [2.05, 4.69) is 23.8 Å². The van der Waals surface area contributed by atoms with Gasteiger partial charge in [-0.2, -0.15) is 8.75 Å².